The summed E-state index contributed by atoms with van der Waals surface area (Å²) >= 11 is 0. The third-order valence-corrected chi connectivity index (χ3v) is 6.50. The highest BCUT2D eigenvalue weighted by Gasteiger charge is 2.48. The quantitative estimate of drug-likeness (QED) is 0.215. The molecule has 38 heavy (non-hydrogen) atoms. The van der Waals surface area contributed by atoms with E-state index in [2.05, 4.69) is 24.6 Å². The number of carbonyl (C=O) groups excluding carboxylic acids is 1. The minimum absolute atomic E-state index is 0.0219. The Morgan fingerprint density at radius 3 is 2.79 bits per heavy atom. The number of hydrogen-bond donors (Lipinski definition) is 4. The average molecular weight is 561 g/mol. The van der Waals surface area contributed by atoms with Crippen molar-refractivity contribution in [1.29, 1.82) is 0 Å². The summed E-state index contributed by atoms with van der Waals surface area (Å²) in [6, 6.07) is 3.37. The lowest BCUT2D eigenvalue weighted by Crippen LogP contribution is -2.48. The van der Waals surface area contributed by atoms with E-state index in [1.165, 1.54) is 16.9 Å². The Hall–Kier alpha value is -3.38. The Labute approximate surface area is 213 Å². The minimum Gasteiger partial charge on any atom is -0.455 e. The smallest absolute Gasteiger partial charge is 0.449 e. The van der Waals surface area contributed by atoms with Gasteiger partial charge in [0.05, 0.1) is 18.7 Å². The molecule has 1 unspecified atom stereocenters. The molecule has 0 aromatic carbocycles. The van der Waals surface area contributed by atoms with Gasteiger partial charge in [-0.05, 0) is 38.0 Å². The fraction of sp³-hybridized carbons (Fsp3) is 0.429. The molecule has 0 amide bonds. The molecule has 3 aromatic heterocycles. The molecule has 3 aromatic rings. The molecule has 4 rings (SSSR count). The SMILES string of the molecule is Cc1cc(C(=O)c2cncnc2N[C@@]2(O)CCC(COS(N)(=O)=O)[C@H]2O)nn1Cc1ccc(C(F)(F)F)o1. The van der Waals surface area contributed by atoms with Crippen molar-refractivity contribution in [2.45, 2.75) is 44.3 Å². The van der Waals surface area contributed by atoms with Crippen LogP contribution in [0.2, 0.25) is 0 Å². The van der Waals surface area contributed by atoms with Crippen LogP contribution in [0.25, 0.3) is 0 Å². The van der Waals surface area contributed by atoms with Crippen LogP contribution in [0.3, 0.4) is 0 Å². The van der Waals surface area contributed by atoms with Gasteiger partial charge >= 0.3 is 16.5 Å². The van der Waals surface area contributed by atoms with Crippen LogP contribution in [0, 0.1) is 12.8 Å². The zero-order valence-corrected chi connectivity index (χ0v) is 20.5. The third-order valence-electron chi connectivity index (χ3n) is 6.03. The molecule has 206 valence electrons. The molecule has 13 nitrogen and oxygen atoms in total. The van der Waals surface area contributed by atoms with Gasteiger partial charge in [0.2, 0.25) is 11.5 Å². The maximum absolute atomic E-state index is 13.2. The van der Waals surface area contributed by atoms with E-state index in [9.17, 15) is 36.6 Å². The van der Waals surface area contributed by atoms with Gasteiger partial charge in [-0.25, -0.2) is 15.1 Å². The van der Waals surface area contributed by atoms with Crippen LogP contribution in [-0.2, 0) is 27.2 Å². The molecule has 1 aliphatic rings. The number of hydrogen-bond acceptors (Lipinski definition) is 11. The van der Waals surface area contributed by atoms with E-state index < -0.39 is 52.4 Å². The Kier molecular flexibility index (Phi) is 7.32. The van der Waals surface area contributed by atoms with Crippen molar-refractivity contribution in [3.05, 3.63) is 59.2 Å². The second-order valence-corrected chi connectivity index (χ2v) is 10.00. The van der Waals surface area contributed by atoms with Crippen LogP contribution in [0.4, 0.5) is 19.0 Å². The number of nitrogens with one attached hydrogen (secondary N) is 1. The molecular weight excluding hydrogens is 537 g/mol. The summed E-state index contributed by atoms with van der Waals surface area (Å²) < 4.78 is 71.2. The fourth-order valence-electron chi connectivity index (χ4n) is 4.08. The molecule has 0 bridgehead atoms. The number of nitrogens with zero attached hydrogens (tertiary/aromatic N) is 4. The first-order chi connectivity index (χ1) is 17.7. The van der Waals surface area contributed by atoms with Crippen molar-refractivity contribution in [2.24, 2.45) is 11.1 Å². The number of nitrogens with two attached hydrogens (primary N) is 1. The standard InChI is InChI=1S/C21H23F3N6O7S/c1-11-6-15(29-30(11)8-13-2-3-16(37-13)21(22,23)24)17(31)14-7-26-10-27-19(14)28-20(33)5-4-12(18(20)32)9-36-38(25,34)35/h2-3,6-7,10,12,18,32-33H,4-5,8-9H2,1H3,(H2,25,34,35)(H,26,27,28)/t12?,18-,20-/m1/s1. The Balaban J connectivity index is 1.52. The maximum Gasteiger partial charge on any atom is 0.449 e. The molecular formula is C21H23F3N6O7S. The number of aliphatic hydroxyl groups is 2. The van der Waals surface area contributed by atoms with Crippen molar-refractivity contribution in [3.8, 4) is 0 Å². The van der Waals surface area contributed by atoms with Crippen molar-refractivity contribution in [2.75, 3.05) is 11.9 Å². The van der Waals surface area contributed by atoms with Gasteiger partial charge in [-0.3, -0.25) is 13.7 Å². The number of aliphatic hydroxyl groups excluding tert-OH is 1. The zero-order chi connectivity index (χ0) is 27.9. The molecule has 0 spiro atoms. The van der Waals surface area contributed by atoms with Crippen LogP contribution >= 0.6 is 0 Å². The van der Waals surface area contributed by atoms with E-state index >= 15 is 0 Å². The summed E-state index contributed by atoms with van der Waals surface area (Å²) in [5.74, 6) is -2.77. The molecule has 0 saturated heterocycles. The van der Waals surface area contributed by atoms with Crippen molar-refractivity contribution >= 4 is 21.9 Å². The number of alkyl halides is 3. The Morgan fingerprint density at radius 1 is 1.39 bits per heavy atom. The first-order valence-corrected chi connectivity index (χ1v) is 12.5. The normalized spacial score (nSPS) is 22.1. The molecule has 5 N–H and O–H groups in total. The molecule has 17 heteroatoms. The highest BCUT2D eigenvalue weighted by molar-refractivity contribution is 7.84. The molecule has 0 aliphatic heterocycles. The van der Waals surface area contributed by atoms with Gasteiger partial charge in [-0.1, -0.05) is 0 Å². The highest BCUT2D eigenvalue weighted by Crippen LogP contribution is 2.36. The third kappa shape index (κ3) is 6.02. The predicted octanol–water partition coefficient (Wildman–Crippen LogP) is 0.964. The summed E-state index contributed by atoms with van der Waals surface area (Å²) in [7, 11) is -4.25. The largest absolute Gasteiger partial charge is 0.455 e. The highest BCUT2D eigenvalue weighted by atomic mass is 32.2. The number of aromatic nitrogens is 4. The predicted molar refractivity (Wildman–Crippen MR) is 122 cm³/mol. The summed E-state index contributed by atoms with van der Waals surface area (Å²) in [6.07, 6.45) is -3.74. The first kappa shape index (κ1) is 27.6. The number of ketones is 1. The summed E-state index contributed by atoms with van der Waals surface area (Å²) in [5.41, 5.74) is -1.73. The van der Waals surface area contributed by atoms with Crippen molar-refractivity contribution in [3.63, 3.8) is 0 Å². The van der Waals surface area contributed by atoms with E-state index in [1.807, 2.05) is 0 Å². The van der Waals surface area contributed by atoms with Gasteiger partial charge in [0.15, 0.2) is 5.72 Å². The lowest BCUT2D eigenvalue weighted by molar-refractivity contribution is -0.153. The van der Waals surface area contributed by atoms with Crippen LogP contribution in [0.5, 0.6) is 0 Å². The van der Waals surface area contributed by atoms with Crippen molar-refractivity contribution < 1.29 is 45.2 Å². The second kappa shape index (κ2) is 10.1. The number of anilines is 1. The van der Waals surface area contributed by atoms with E-state index in [4.69, 9.17) is 9.56 Å². The number of halogens is 3. The second-order valence-electron chi connectivity index (χ2n) is 8.78. The van der Waals surface area contributed by atoms with E-state index in [0.717, 1.165) is 18.5 Å². The minimum atomic E-state index is -4.64. The van der Waals surface area contributed by atoms with Gasteiger partial charge in [0.1, 0.15) is 29.7 Å². The number of carbonyl (C=O) groups is 1. The van der Waals surface area contributed by atoms with Gasteiger partial charge in [-0.2, -0.15) is 26.7 Å². The Bertz CT molecular complexity index is 1440. The van der Waals surface area contributed by atoms with E-state index in [1.54, 1.807) is 6.92 Å². The lowest BCUT2D eigenvalue weighted by atomic mass is 10.0. The van der Waals surface area contributed by atoms with Gasteiger partial charge in [0, 0.05) is 17.8 Å². The number of aryl methyl sites for hydroxylation is 1. The molecule has 0 radical (unpaired) electrons. The monoisotopic (exact) mass is 560 g/mol. The van der Waals surface area contributed by atoms with Gasteiger partial charge in [-0.15, -0.1) is 0 Å². The van der Waals surface area contributed by atoms with Crippen LogP contribution in [0.15, 0.2) is 35.1 Å². The molecule has 3 heterocycles. The summed E-state index contributed by atoms with van der Waals surface area (Å²) in [4.78, 5) is 21.1. The zero-order valence-electron chi connectivity index (χ0n) is 19.7. The van der Waals surface area contributed by atoms with Crippen LogP contribution in [-0.4, -0.2) is 62.6 Å². The van der Waals surface area contributed by atoms with Crippen molar-refractivity contribution in [1.82, 2.24) is 19.7 Å². The van der Waals surface area contributed by atoms with Crippen LogP contribution < -0.4 is 10.5 Å². The maximum atomic E-state index is 13.2. The van der Waals surface area contributed by atoms with Gasteiger partial charge < -0.3 is 19.9 Å². The van der Waals surface area contributed by atoms with Crippen LogP contribution in [0.1, 0.15) is 46.1 Å². The topological polar surface area (TPSA) is 196 Å². The first-order valence-electron chi connectivity index (χ1n) is 11.1. The van der Waals surface area contributed by atoms with E-state index in [0.29, 0.717) is 5.69 Å². The number of rotatable bonds is 9. The lowest BCUT2D eigenvalue weighted by Gasteiger charge is -2.30. The average Bonchev–Trinajstić information content (AvgIpc) is 3.51. The Morgan fingerprint density at radius 2 is 2.13 bits per heavy atom. The summed E-state index contributed by atoms with van der Waals surface area (Å²) in [6.45, 7) is 0.968. The molecule has 3 atom stereocenters. The fourth-order valence-corrected chi connectivity index (χ4v) is 4.44. The van der Waals surface area contributed by atoms with E-state index in [-0.39, 0.29) is 42.2 Å². The molecule has 1 aliphatic carbocycles. The molecule has 1 fully saturated rings. The molecule has 1 saturated carbocycles. The number of furan rings is 1. The summed E-state index contributed by atoms with van der Waals surface area (Å²) in [5, 5.41) is 33.2. The van der Waals surface area contributed by atoms with Gasteiger partial charge in [0.25, 0.3) is 0 Å².